The number of rotatable bonds is 7. The number of sulfone groups is 1. The molecule has 25 heavy (non-hydrogen) atoms. The summed E-state index contributed by atoms with van der Waals surface area (Å²) in [5.74, 6) is 0.505. The molecule has 1 saturated heterocycles. The van der Waals surface area contributed by atoms with Crippen molar-refractivity contribution < 1.29 is 13.2 Å². The van der Waals surface area contributed by atoms with Gasteiger partial charge in [0.05, 0.1) is 11.4 Å². The van der Waals surface area contributed by atoms with E-state index in [4.69, 9.17) is 0 Å². The number of carbonyl (C=O) groups is 1. The molecule has 9 heteroatoms. The molecule has 7 nitrogen and oxygen atoms in total. The number of hydrogen-bond acceptors (Lipinski definition) is 5. The minimum absolute atomic E-state index is 0. The predicted molar refractivity (Wildman–Crippen MR) is 100 cm³/mol. The average Bonchev–Trinajstić information content (AvgIpc) is 3.03. The number of halogens is 1. The van der Waals surface area contributed by atoms with Crippen LogP contribution in [-0.4, -0.2) is 60.6 Å². The number of nitrogens with one attached hydrogen (secondary N) is 2. The van der Waals surface area contributed by atoms with Crippen LogP contribution in [0.4, 0.5) is 0 Å². The number of aromatic nitrogens is 2. The largest absolute Gasteiger partial charge is 0.352 e. The molecule has 1 aromatic heterocycles. The molecule has 0 bridgehead atoms. The van der Waals surface area contributed by atoms with Gasteiger partial charge in [-0.1, -0.05) is 13.8 Å². The monoisotopic (exact) mass is 392 g/mol. The summed E-state index contributed by atoms with van der Waals surface area (Å²) in [6, 6.07) is 2.08. The molecule has 2 atom stereocenters. The van der Waals surface area contributed by atoms with Crippen LogP contribution >= 0.6 is 12.4 Å². The number of nitrogens with zero attached hydrogens (tertiary/aromatic N) is 2. The van der Waals surface area contributed by atoms with Crippen LogP contribution in [0.2, 0.25) is 0 Å². The highest BCUT2D eigenvalue weighted by Gasteiger charge is 2.35. The lowest BCUT2D eigenvalue weighted by atomic mass is 9.91. The fourth-order valence-corrected chi connectivity index (χ4v) is 3.77. The summed E-state index contributed by atoms with van der Waals surface area (Å²) in [6.07, 6.45) is 1.18. The van der Waals surface area contributed by atoms with Crippen molar-refractivity contribution in [3.05, 3.63) is 17.5 Å². The molecule has 0 spiro atoms. The zero-order chi connectivity index (χ0) is 17.9. The van der Waals surface area contributed by atoms with E-state index >= 15 is 0 Å². The molecular weight excluding hydrogens is 364 g/mol. The van der Waals surface area contributed by atoms with E-state index < -0.39 is 9.84 Å². The van der Waals surface area contributed by atoms with Crippen LogP contribution in [0.3, 0.4) is 0 Å². The number of hydrogen-bond donors (Lipinski definition) is 2. The summed E-state index contributed by atoms with van der Waals surface area (Å²) in [6.45, 7) is 8.70. The van der Waals surface area contributed by atoms with E-state index in [0.29, 0.717) is 11.8 Å². The number of aryl methyl sites for hydroxylation is 1. The molecule has 2 N–H and O–H groups in total. The van der Waals surface area contributed by atoms with Gasteiger partial charge in [0, 0.05) is 44.0 Å². The van der Waals surface area contributed by atoms with E-state index in [1.807, 2.05) is 13.0 Å². The van der Waals surface area contributed by atoms with Crippen molar-refractivity contribution in [2.75, 3.05) is 25.1 Å². The van der Waals surface area contributed by atoms with Crippen LogP contribution in [0.5, 0.6) is 0 Å². The van der Waals surface area contributed by atoms with Gasteiger partial charge < -0.3 is 5.32 Å². The van der Waals surface area contributed by atoms with Crippen LogP contribution in [0.15, 0.2) is 6.07 Å². The van der Waals surface area contributed by atoms with Gasteiger partial charge in [-0.15, -0.1) is 12.4 Å². The standard InChI is InChI=1S/C16H28N4O3S.ClH/c1-11(2)14-9-20(8-13-7-12(3)18-19-13)10-15(14)17-16(21)5-6-24(4,22)23;/h7,11,14-15H,5-6,8-10H2,1-4H3,(H,17,21)(H,18,19);1H/t14-,15+;/m1./s1. The Hall–Kier alpha value is -1.12. The Morgan fingerprint density at radius 2 is 2.12 bits per heavy atom. The Morgan fingerprint density at radius 1 is 1.44 bits per heavy atom. The van der Waals surface area contributed by atoms with Crippen LogP contribution in [0, 0.1) is 18.8 Å². The van der Waals surface area contributed by atoms with Crippen LogP contribution in [0.1, 0.15) is 31.7 Å². The minimum atomic E-state index is -3.11. The molecule has 1 aliphatic heterocycles. The fraction of sp³-hybridized carbons (Fsp3) is 0.750. The summed E-state index contributed by atoms with van der Waals surface area (Å²) >= 11 is 0. The van der Waals surface area contributed by atoms with Crippen molar-refractivity contribution in [1.82, 2.24) is 20.4 Å². The summed E-state index contributed by atoms with van der Waals surface area (Å²) < 4.78 is 22.4. The number of aromatic amines is 1. The summed E-state index contributed by atoms with van der Waals surface area (Å²) in [7, 11) is -3.11. The Labute approximate surface area is 156 Å². The van der Waals surface area contributed by atoms with E-state index in [9.17, 15) is 13.2 Å². The lowest BCUT2D eigenvalue weighted by Gasteiger charge is -2.22. The quantitative estimate of drug-likeness (QED) is 0.725. The van der Waals surface area contributed by atoms with E-state index in [1.54, 1.807) is 0 Å². The summed E-state index contributed by atoms with van der Waals surface area (Å²) in [5, 5.41) is 10.2. The van der Waals surface area contributed by atoms with Crippen LogP contribution in [0.25, 0.3) is 0 Å². The maximum atomic E-state index is 12.1. The van der Waals surface area contributed by atoms with Crippen LogP contribution in [-0.2, 0) is 21.2 Å². The van der Waals surface area contributed by atoms with Gasteiger partial charge in [-0.3, -0.25) is 14.8 Å². The first-order valence-electron chi connectivity index (χ1n) is 8.34. The van der Waals surface area contributed by atoms with Gasteiger partial charge in [-0.05, 0) is 24.8 Å². The predicted octanol–water partition coefficient (Wildman–Crippen LogP) is 1.15. The zero-order valence-corrected chi connectivity index (χ0v) is 16.9. The molecule has 1 aliphatic rings. The zero-order valence-electron chi connectivity index (χ0n) is 15.3. The maximum absolute atomic E-state index is 12.1. The number of likely N-dealkylation sites (tertiary alicyclic amines) is 1. The molecule has 144 valence electrons. The van der Waals surface area contributed by atoms with Crippen molar-refractivity contribution in [3.8, 4) is 0 Å². The van der Waals surface area contributed by atoms with Crippen molar-refractivity contribution in [2.45, 2.75) is 39.8 Å². The second-order valence-corrected chi connectivity index (χ2v) is 9.46. The molecule has 2 heterocycles. The van der Waals surface area contributed by atoms with Gasteiger partial charge in [0.25, 0.3) is 0 Å². The van der Waals surface area contributed by atoms with E-state index in [2.05, 4.69) is 34.3 Å². The van der Waals surface area contributed by atoms with E-state index in [1.165, 1.54) is 0 Å². The van der Waals surface area contributed by atoms with Crippen LogP contribution < -0.4 is 5.32 Å². The van der Waals surface area contributed by atoms with Crippen molar-refractivity contribution in [3.63, 3.8) is 0 Å². The highest BCUT2D eigenvalue weighted by Crippen LogP contribution is 2.25. The Balaban J connectivity index is 0.00000312. The molecule has 0 radical (unpaired) electrons. The van der Waals surface area contributed by atoms with Gasteiger partial charge in [0.1, 0.15) is 9.84 Å². The molecule has 0 aliphatic carbocycles. The summed E-state index contributed by atoms with van der Waals surface area (Å²) in [4.78, 5) is 14.4. The third kappa shape index (κ3) is 6.95. The smallest absolute Gasteiger partial charge is 0.221 e. The molecule has 1 fully saturated rings. The second-order valence-electron chi connectivity index (χ2n) is 7.20. The Morgan fingerprint density at radius 3 is 2.64 bits per heavy atom. The van der Waals surface area contributed by atoms with E-state index in [0.717, 1.165) is 37.3 Å². The van der Waals surface area contributed by atoms with Gasteiger partial charge in [0.2, 0.25) is 5.91 Å². The number of carbonyl (C=O) groups excluding carboxylic acids is 1. The first-order valence-corrected chi connectivity index (χ1v) is 10.4. The first-order chi connectivity index (χ1) is 11.1. The van der Waals surface area contributed by atoms with Gasteiger partial charge in [-0.25, -0.2) is 8.42 Å². The second kappa shape index (κ2) is 9.00. The van der Waals surface area contributed by atoms with E-state index in [-0.39, 0.29) is 36.5 Å². The molecule has 0 unspecified atom stereocenters. The number of H-pyrrole nitrogens is 1. The summed E-state index contributed by atoms with van der Waals surface area (Å²) in [5.41, 5.74) is 2.04. The lowest BCUT2D eigenvalue weighted by molar-refractivity contribution is -0.121. The highest BCUT2D eigenvalue weighted by molar-refractivity contribution is 7.90. The van der Waals surface area contributed by atoms with Crippen molar-refractivity contribution in [2.24, 2.45) is 11.8 Å². The van der Waals surface area contributed by atoms with Crippen molar-refractivity contribution in [1.29, 1.82) is 0 Å². The molecule has 1 amide bonds. The molecule has 1 aromatic rings. The fourth-order valence-electron chi connectivity index (χ4n) is 3.21. The molecule has 0 aromatic carbocycles. The normalized spacial score (nSPS) is 21.3. The van der Waals surface area contributed by atoms with Gasteiger partial charge in [-0.2, -0.15) is 5.10 Å². The minimum Gasteiger partial charge on any atom is -0.352 e. The first kappa shape index (κ1) is 21.9. The maximum Gasteiger partial charge on any atom is 0.221 e. The SMILES string of the molecule is Cc1cc(CN2C[C@H](NC(=O)CCS(C)(=O)=O)[C@@H](C(C)C)C2)n[nH]1.Cl. The third-order valence-corrected chi connectivity index (χ3v) is 5.43. The average molecular weight is 393 g/mol. The topological polar surface area (TPSA) is 95.2 Å². The van der Waals surface area contributed by atoms with Gasteiger partial charge in [0.15, 0.2) is 0 Å². The highest BCUT2D eigenvalue weighted by atomic mass is 35.5. The number of amides is 1. The third-order valence-electron chi connectivity index (χ3n) is 4.49. The lowest BCUT2D eigenvalue weighted by Crippen LogP contribution is -2.42. The Bertz CT molecular complexity index is 675. The molecular formula is C16H29ClN4O3S. The van der Waals surface area contributed by atoms with Gasteiger partial charge >= 0.3 is 0 Å². The Kier molecular flexibility index (Phi) is 7.89. The molecule has 2 rings (SSSR count). The van der Waals surface area contributed by atoms with Crippen molar-refractivity contribution >= 4 is 28.2 Å². The molecule has 0 saturated carbocycles.